The van der Waals surface area contributed by atoms with Gasteiger partial charge in [0.25, 0.3) is 0 Å². The number of piperazine rings is 1. The van der Waals surface area contributed by atoms with Crippen LogP contribution in [-0.2, 0) is 17.8 Å². The molecule has 2 fully saturated rings. The average Bonchev–Trinajstić information content (AvgIpc) is 2.93. The Labute approximate surface area is 228 Å². The fourth-order valence-corrected chi connectivity index (χ4v) is 6.33. The Morgan fingerprint density at radius 2 is 1.68 bits per heavy atom. The zero-order chi connectivity index (χ0) is 26.6. The van der Waals surface area contributed by atoms with Crippen molar-refractivity contribution in [3.63, 3.8) is 0 Å². The third-order valence-electron chi connectivity index (χ3n) is 8.44. The van der Waals surface area contributed by atoms with Crippen LogP contribution in [0.1, 0.15) is 50.7 Å². The first kappa shape index (κ1) is 26.8. The number of ether oxygens (including phenoxy) is 2. The number of nitrogens with one attached hydrogen (secondary N) is 1. The molecule has 7 nitrogen and oxygen atoms in total. The summed E-state index contributed by atoms with van der Waals surface area (Å²) in [5.74, 6) is 2.27. The third-order valence-corrected chi connectivity index (χ3v) is 8.44. The van der Waals surface area contributed by atoms with E-state index in [-0.39, 0.29) is 12.0 Å². The van der Waals surface area contributed by atoms with E-state index in [4.69, 9.17) is 9.47 Å². The summed E-state index contributed by atoms with van der Waals surface area (Å²) in [6, 6.07) is 13.3. The van der Waals surface area contributed by atoms with Crippen LogP contribution in [0, 0.1) is 5.92 Å². The second kappa shape index (κ2) is 12.0. The molecule has 7 heteroatoms. The lowest BCUT2D eigenvalue weighted by Gasteiger charge is -2.40. The molecule has 2 aromatic carbocycles. The van der Waals surface area contributed by atoms with Gasteiger partial charge in [0.1, 0.15) is 0 Å². The highest BCUT2D eigenvalue weighted by Crippen LogP contribution is 2.36. The molecule has 2 aliphatic heterocycles. The maximum atomic E-state index is 13.1. The summed E-state index contributed by atoms with van der Waals surface area (Å²) in [5, 5.41) is 3.47. The van der Waals surface area contributed by atoms with Crippen LogP contribution in [0.5, 0.6) is 11.5 Å². The quantitative estimate of drug-likeness (QED) is 0.554. The van der Waals surface area contributed by atoms with Gasteiger partial charge in [-0.05, 0) is 93.0 Å². The lowest BCUT2D eigenvalue weighted by molar-refractivity contribution is -0.118. The normalized spacial score (nSPS) is 22.3. The average molecular weight is 521 g/mol. The maximum Gasteiger partial charge on any atom is 0.231 e. The summed E-state index contributed by atoms with van der Waals surface area (Å²) >= 11 is 0. The molecule has 0 radical (unpaired) electrons. The molecule has 206 valence electrons. The predicted molar refractivity (Wildman–Crippen MR) is 154 cm³/mol. The van der Waals surface area contributed by atoms with Crippen molar-refractivity contribution in [2.24, 2.45) is 5.92 Å². The Morgan fingerprint density at radius 3 is 2.34 bits per heavy atom. The molecule has 5 rings (SSSR count). The van der Waals surface area contributed by atoms with E-state index in [9.17, 15) is 4.79 Å². The molecule has 0 bridgehead atoms. The van der Waals surface area contributed by atoms with Crippen LogP contribution < -0.4 is 24.6 Å². The van der Waals surface area contributed by atoms with Crippen LogP contribution in [0.2, 0.25) is 0 Å². The second-order valence-corrected chi connectivity index (χ2v) is 11.5. The molecular weight excluding hydrogens is 476 g/mol. The highest BCUT2D eigenvalue weighted by Gasteiger charge is 2.28. The van der Waals surface area contributed by atoms with Crippen molar-refractivity contribution < 1.29 is 14.3 Å². The van der Waals surface area contributed by atoms with Gasteiger partial charge >= 0.3 is 0 Å². The van der Waals surface area contributed by atoms with Crippen molar-refractivity contribution in [1.82, 2.24) is 10.2 Å². The molecule has 0 spiro atoms. The van der Waals surface area contributed by atoms with Crippen LogP contribution in [0.25, 0.3) is 0 Å². The largest absolute Gasteiger partial charge is 0.493 e. The summed E-state index contributed by atoms with van der Waals surface area (Å²) < 4.78 is 11.5. The van der Waals surface area contributed by atoms with E-state index < -0.39 is 0 Å². The summed E-state index contributed by atoms with van der Waals surface area (Å²) in [6.07, 6.45) is 5.69. The van der Waals surface area contributed by atoms with Gasteiger partial charge in [0.15, 0.2) is 11.5 Å². The molecule has 0 aromatic heterocycles. The first-order valence-electron chi connectivity index (χ1n) is 14.3. The zero-order valence-corrected chi connectivity index (χ0v) is 23.5. The SMILES string of the molecule is COc1cc2c(cc1OC(C)C)CN(c1ccc(N(C)CC3CCC(N4CCNCC4)CC3)cc1)C(=O)C2. The summed E-state index contributed by atoms with van der Waals surface area (Å²) in [4.78, 5) is 20.0. The van der Waals surface area contributed by atoms with Gasteiger partial charge in [0.2, 0.25) is 5.91 Å². The summed E-state index contributed by atoms with van der Waals surface area (Å²) in [7, 11) is 3.84. The van der Waals surface area contributed by atoms with Gasteiger partial charge in [0, 0.05) is 57.2 Å². The van der Waals surface area contributed by atoms with Crippen molar-refractivity contribution >= 4 is 17.3 Å². The van der Waals surface area contributed by atoms with Crippen LogP contribution in [-0.4, -0.2) is 69.8 Å². The fourth-order valence-electron chi connectivity index (χ4n) is 6.33. The third kappa shape index (κ3) is 6.10. The van der Waals surface area contributed by atoms with Crippen molar-refractivity contribution in [3.8, 4) is 11.5 Å². The number of hydrogen-bond donors (Lipinski definition) is 1. The Hall–Kier alpha value is -2.77. The molecule has 38 heavy (non-hydrogen) atoms. The smallest absolute Gasteiger partial charge is 0.231 e. The molecule has 1 N–H and O–H groups in total. The molecule has 1 saturated heterocycles. The lowest BCUT2D eigenvalue weighted by Crippen LogP contribution is -2.49. The number of rotatable bonds is 8. The molecule has 3 aliphatic rings. The van der Waals surface area contributed by atoms with E-state index in [0.29, 0.717) is 18.7 Å². The van der Waals surface area contributed by atoms with Crippen molar-refractivity contribution in [3.05, 3.63) is 47.5 Å². The molecular formula is C31H44N4O3. The minimum Gasteiger partial charge on any atom is -0.493 e. The second-order valence-electron chi connectivity index (χ2n) is 11.5. The van der Waals surface area contributed by atoms with Crippen LogP contribution in [0.15, 0.2) is 36.4 Å². The number of anilines is 2. The summed E-state index contributed by atoms with van der Waals surface area (Å²) in [5.41, 5.74) is 4.28. The first-order valence-corrected chi connectivity index (χ1v) is 14.3. The Balaban J connectivity index is 1.19. The molecule has 1 saturated carbocycles. The monoisotopic (exact) mass is 520 g/mol. The number of amides is 1. The predicted octanol–water partition coefficient (Wildman–Crippen LogP) is 4.47. The maximum absolute atomic E-state index is 13.1. The minimum absolute atomic E-state index is 0.0510. The topological polar surface area (TPSA) is 57.3 Å². The number of benzene rings is 2. The van der Waals surface area contributed by atoms with E-state index in [1.165, 1.54) is 44.5 Å². The van der Waals surface area contributed by atoms with Gasteiger partial charge in [0.05, 0.1) is 26.2 Å². The number of methoxy groups -OCH3 is 1. The Kier molecular flexibility index (Phi) is 8.44. The molecule has 1 amide bonds. The van der Waals surface area contributed by atoms with Crippen molar-refractivity contribution in [2.45, 2.75) is 64.6 Å². The van der Waals surface area contributed by atoms with Crippen LogP contribution in [0.3, 0.4) is 0 Å². The van der Waals surface area contributed by atoms with E-state index >= 15 is 0 Å². The number of fused-ring (bicyclic) bond motifs is 1. The Bertz CT molecular complexity index is 1090. The standard InChI is InChI=1S/C31H44N4O3/c1-22(2)38-30-18-25-21-35(31(36)19-24(25)17-29(30)37-4)28-11-9-26(10-12-28)33(3)20-23-5-7-27(8-6-23)34-15-13-32-14-16-34/h9-12,17-18,22-23,27,32H,5-8,13-16,19-21H2,1-4H3. The number of carbonyl (C=O) groups excluding carboxylic acids is 1. The van der Waals surface area contributed by atoms with Gasteiger partial charge < -0.3 is 24.6 Å². The summed E-state index contributed by atoms with van der Waals surface area (Å²) in [6.45, 7) is 10.3. The van der Waals surface area contributed by atoms with Gasteiger partial charge in [-0.2, -0.15) is 0 Å². The lowest BCUT2D eigenvalue weighted by atomic mass is 9.84. The fraction of sp³-hybridized carbons (Fsp3) is 0.581. The van der Waals surface area contributed by atoms with Gasteiger partial charge in [-0.25, -0.2) is 0 Å². The van der Waals surface area contributed by atoms with E-state index in [1.807, 2.05) is 30.9 Å². The molecule has 0 unspecified atom stereocenters. The van der Waals surface area contributed by atoms with Gasteiger partial charge in [-0.15, -0.1) is 0 Å². The van der Waals surface area contributed by atoms with Crippen LogP contribution >= 0.6 is 0 Å². The van der Waals surface area contributed by atoms with E-state index in [2.05, 4.69) is 46.4 Å². The van der Waals surface area contributed by atoms with Gasteiger partial charge in [-0.1, -0.05) is 0 Å². The molecule has 0 atom stereocenters. The van der Waals surface area contributed by atoms with E-state index in [1.54, 1.807) is 7.11 Å². The zero-order valence-electron chi connectivity index (χ0n) is 23.5. The highest BCUT2D eigenvalue weighted by molar-refractivity contribution is 5.96. The number of carbonyl (C=O) groups is 1. The van der Waals surface area contributed by atoms with Gasteiger partial charge in [-0.3, -0.25) is 9.69 Å². The minimum atomic E-state index is 0.0510. The highest BCUT2D eigenvalue weighted by atomic mass is 16.5. The van der Waals surface area contributed by atoms with Crippen LogP contribution in [0.4, 0.5) is 11.4 Å². The van der Waals surface area contributed by atoms with Crippen molar-refractivity contribution in [2.75, 3.05) is 56.7 Å². The Morgan fingerprint density at radius 1 is 1.00 bits per heavy atom. The number of nitrogens with zero attached hydrogens (tertiary/aromatic N) is 3. The van der Waals surface area contributed by atoms with E-state index in [0.717, 1.165) is 54.2 Å². The first-order chi connectivity index (χ1) is 18.4. The molecule has 1 aliphatic carbocycles. The molecule has 2 heterocycles. The number of hydrogen-bond acceptors (Lipinski definition) is 6. The molecule has 2 aromatic rings. The van der Waals surface area contributed by atoms with Crippen molar-refractivity contribution in [1.29, 1.82) is 0 Å².